The third kappa shape index (κ3) is 6.61. The molecule has 11 nitrogen and oxygen atoms in total. The summed E-state index contributed by atoms with van der Waals surface area (Å²) in [5.41, 5.74) is 1.87. The third-order valence-electron chi connectivity index (χ3n) is 7.57. The number of amides is 4. The number of para-hydroxylation sites is 2. The van der Waals surface area contributed by atoms with E-state index in [0.717, 1.165) is 10.2 Å². The highest BCUT2D eigenvalue weighted by atomic mass is 32.1. The summed E-state index contributed by atoms with van der Waals surface area (Å²) in [6, 6.07) is 18.6. The van der Waals surface area contributed by atoms with E-state index in [9.17, 15) is 19.5 Å². The molecule has 4 aromatic rings. The molecule has 1 aromatic heterocycles. The summed E-state index contributed by atoms with van der Waals surface area (Å²) >= 11 is 1.27. The van der Waals surface area contributed by atoms with Crippen LogP contribution >= 0.6 is 11.3 Å². The second-order valence-corrected chi connectivity index (χ2v) is 11.8. The van der Waals surface area contributed by atoms with E-state index < -0.39 is 18.1 Å². The van der Waals surface area contributed by atoms with Crippen LogP contribution in [0.2, 0.25) is 0 Å². The SMILES string of the molecule is COc1ccc(NC(=O)N(C)C[C@H]2Oc3c(NC(=O)c4nc5ccccc5s4)cccc3C(=O)N([C@@H](C)CO)C[C@@H]2C)cc1. The maximum atomic E-state index is 13.8. The molecule has 0 spiro atoms. The van der Waals surface area contributed by atoms with Crippen LogP contribution in [0, 0.1) is 5.92 Å². The number of aliphatic hydroxyl groups is 1. The third-order valence-corrected chi connectivity index (χ3v) is 8.60. The van der Waals surface area contributed by atoms with Crippen LogP contribution in [0.25, 0.3) is 10.2 Å². The molecule has 0 bridgehead atoms. The van der Waals surface area contributed by atoms with Gasteiger partial charge in [-0.2, -0.15) is 0 Å². The molecule has 5 rings (SSSR count). The maximum absolute atomic E-state index is 13.8. The first kappa shape index (κ1) is 30.8. The lowest BCUT2D eigenvalue weighted by atomic mass is 9.99. The normalized spacial score (nSPS) is 17.1. The highest BCUT2D eigenvalue weighted by Crippen LogP contribution is 2.35. The second-order valence-electron chi connectivity index (χ2n) is 10.8. The highest BCUT2D eigenvalue weighted by molar-refractivity contribution is 7.20. The van der Waals surface area contributed by atoms with Crippen LogP contribution in [-0.4, -0.2) is 83.7 Å². The van der Waals surface area contributed by atoms with Crippen molar-refractivity contribution in [1.82, 2.24) is 14.8 Å². The van der Waals surface area contributed by atoms with Crippen molar-refractivity contribution >= 4 is 50.8 Å². The van der Waals surface area contributed by atoms with Crippen molar-refractivity contribution in [3.63, 3.8) is 0 Å². The molecule has 3 aromatic carbocycles. The minimum absolute atomic E-state index is 0.179. The molecule has 0 unspecified atom stereocenters. The summed E-state index contributed by atoms with van der Waals surface area (Å²) in [5.74, 6) is -0.130. The lowest BCUT2D eigenvalue weighted by molar-refractivity contribution is 0.0372. The Bertz CT molecular complexity index is 1630. The molecule has 1 aliphatic rings. The number of anilines is 2. The van der Waals surface area contributed by atoms with Crippen LogP contribution in [0.5, 0.6) is 11.5 Å². The average Bonchev–Trinajstić information content (AvgIpc) is 3.47. The summed E-state index contributed by atoms with van der Waals surface area (Å²) in [4.78, 5) is 47.8. The van der Waals surface area contributed by atoms with Crippen molar-refractivity contribution in [3.8, 4) is 11.5 Å². The van der Waals surface area contributed by atoms with Crippen molar-refractivity contribution in [1.29, 1.82) is 0 Å². The van der Waals surface area contributed by atoms with Gasteiger partial charge in [0.2, 0.25) is 0 Å². The Hall–Kier alpha value is -4.68. The molecule has 0 saturated carbocycles. The molecular weight excluding hydrogens is 582 g/mol. The van der Waals surface area contributed by atoms with E-state index in [1.807, 2.05) is 31.2 Å². The quantitative estimate of drug-likeness (QED) is 0.255. The summed E-state index contributed by atoms with van der Waals surface area (Å²) in [5, 5.41) is 16.0. The van der Waals surface area contributed by atoms with Crippen LogP contribution in [0.15, 0.2) is 66.7 Å². The Labute approximate surface area is 259 Å². The van der Waals surface area contributed by atoms with Gasteiger partial charge in [-0.1, -0.05) is 25.1 Å². The fourth-order valence-electron chi connectivity index (χ4n) is 4.95. The van der Waals surface area contributed by atoms with Gasteiger partial charge in [-0.05, 0) is 55.5 Å². The molecule has 4 amide bonds. The molecule has 0 aliphatic carbocycles. The Morgan fingerprint density at radius 1 is 1.14 bits per heavy atom. The monoisotopic (exact) mass is 617 g/mol. The molecule has 12 heteroatoms. The van der Waals surface area contributed by atoms with Gasteiger partial charge in [0.25, 0.3) is 11.8 Å². The number of carbonyl (C=O) groups is 3. The van der Waals surface area contributed by atoms with Gasteiger partial charge in [0.1, 0.15) is 11.9 Å². The first-order valence-electron chi connectivity index (χ1n) is 14.2. The number of aliphatic hydroxyl groups excluding tert-OH is 1. The summed E-state index contributed by atoms with van der Waals surface area (Å²) in [6.45, 7) is 3.95. The number of methoxy groups -OCH3 is 1. The van der Waals surface area contributed by atoms with Gasteiger partial charge >= 0.3 is 6.03 Å². The van der Waals surface area contributed by atoms with Gasteiger partial charge in [-0.25, -0.2) is 9.78 Å². The fourth-order valence-corrected chi connectivity index (χ4v) is 5.81. The maximum Gasteiger partial charge on any atom is 0.321 e. The smallest absolute Gasteiger partial charge is 0.321 e. The number of carbonyl (C=O) groups excluding carboxylic acids is 3. The van der Waals surface area contributed by atoms with Crippen LogP contribution in [0.3, 0.4) is 0 Å². The molecule has 0 radical (unpaired) electrons. The van der Waals surface area contributed by atoms with E-state index in [0.29, 0.717) is 23.7 Å². The molecular formula is C32H35N5O6S. The Morgan fingerprint density at radius 3 is 2.59 bits per heavy atom. The lowest BCUT2D eigenvalue weighted by Crippen LogP contribution is -2.50. The summed E-state index contributed by atoms with van der Waals surface area (Å²) in [6.07, 6.45) is -0.567. The highest BCUT2D eigenvalue weighted by Gasteiger charge is 2.35. The Morgan fingerprint density at radius 2 is 1.89 bits per heavy atom. The molecule has 1 aliphatic heterocycles. The zero-order valence-corrected chi connectivity index (χ0v) is 25.8. The number of hydrogen-bond donors (Lipinski definition) is 3. The molecule has 3 N–H and O–H groups in total. The van der Waals surface area contributed by atoms with Crippen molar-refractivity contribution in [2.75, 3.05) is 44.5 Å². The largest absolute Gasteiger partial charge is 0.497 e. The number of rotatable bonds is 8. The molecule has 2 heterocycles. The standard InChI is InChI=1S/C32H35N5O6S/c1-19-16-37(20(2)18-38)31(40)23-8-7-10-25(34-29(39)30-35-24-9-5-6-11-27(24)44-30)28(23)43-26(19)17-36(3)32(41)33-21-12-14-22(42-4)15-13-21/h5-15,19-20,26,38H,16-18H2,1-4H3,(H,33,41)(H,34,39)/t19-,20-,26+/m0/s1. The number of aromatic nitrogens is 1. The predicted octanol–water partition coefficient (Wildman–Crippen LogP) is 4.94. The zero-order valence-electron chi connectivity index (χ0n) is 24.9. The zero-order chi connectivity index (χ0) is 31.4. The fraction of sp³-hybridized carbons (Fsp3) is 0.312. The minimum atomic E-state index is -0.567. The van der Waals surface area contributed by atoms with E-state index in [-0.39, 0.29) is 47.3 Å². The topological polar surface area (TPSA) is 133 Å². The molecule has 3 atom stereocenters. The van der Waals surface area contributed by atoms with Crippen LogP contribution in [0.4, 0.5) is 16.2 Å². The molecule has 0 fully saturated rings. The van der Waals surface area contributed by atoms with Crippen LogP contribution in [0.1, 0.15) is 34.0 Å². The first-order valence-corrected chi connectivity index (χ1v) is 15.0. The van der Waals surface area contributed by atoms with E-state index in [2.05, 4.69) is 15.6 Å². The number of likely N-dealkylation sites (N-methyl/N-ethyl adjacent to an activating group) is 1. The number of urea groups is 1. The minimum Gasteiger partial charge on any atom is -0.497 e. The van der Waals surface area contributed by atoms with Crippen molar-refractivity contribution in [2.45, 2.75) is 26.0 Å². The number of hydrogen-bond acceptors (Lipinski definition) is 8. The van der Waals surface area contributed by atoms with Gasteiger partial charge in [0, 0.05) is 25.2 Å². The number of fused-ring (bicyclic) bond motifs is 2. The first-order chi connectivity index (χ1) is 21.2. The van der Waals surface area contributed by atoms with Crippen LogP contribution in [-0.2, 0) is 0 Å². The van der Waals surface area contributed by atoms with E-state index in [1.54, 1.807) is 68.4 Å². The van der Waals surface area contributed by atoms with Crippen molar-refractivity contribution in [2.24, 2.45) is 5.92 Å². The van der Waals surface area contributed by atoms with Crippen molar-refractivity contribution < 1.29 is 29.0 Å². The molecule has 44 heavy (non-hydrogen) atoms. The van der Waals surface area contributed by atoms with Gasteiger partial charge < -0.3 is 35.0 Å². The molecule has 230 valence electrons. The predicted molar refractivity (Wildman–Crippen MR) is 170 cm³/mol. The molecule has 0 saturated heterocycles. The van der Waals surface area contributed by atoms with E-state index >= 15 is 0 Å². The number of thiazole rings is 1. The van der Waals surface area contributed by atoms with Crippen molar-refractivity contribution in [3.05, 3.63) is 77.3 Å². The Balaban J connectivity index is 1.43. The number of ether oxygens (including phenoxy) is 2. The number of nitrogens with zero attached hydrogens (tertiary/aromatic N) is 3. The average molecular weight is 618 g/mol. The van der Waals surface area contributed by atoms with Gasteiger partial charge in [0.05, 0.1) is 47.8 Å². The lowest BCUT2D eigenvalue weighted by Gasteiger charge is -2.38. The van der Waals surface area contributed by atoms with Gasteiger partial charge in [-0.15, -0.1) is 11.3 Å². The van der Waals surface area contributed by atoms with Gasteiger partial charge in [0.15, 0.2) is 10.8 Å². The summed E-state index contributed by atoms with van der Waals surface area (Å²) in [7, 11) is 3.23. The Kier molecular flexibility index (Phi) is 9.31. The van der Waals surface area contributed by atoms with E-state index in [1.165, 1.54) is 16.2 Å². The number of benzene rings is 3. The summed E-state index contributed by atoms with van der Waals surface area (Å²) < 4.78 is 12.6. The van der Waals surface area contributed by atoms with E-state index in [4.69, 9.17) is 9.47 Å². The number of nitrogens with one attached hydrogen (secondary N) is 2. The van der Waals surface area contributed by atoms with Crippen LogP contribution < -0.4 is 20.1 Å². The van der Waals surface area contributed by atoms with Gasteiger partial charge in [-0.3, -0.25) is 9.59 Å². The second kappa shape index (κ2) is 13.3.